The maximum atomic E-state index is 11.8. The lowest BCUT2D eigenvalue weighted by atomic mass is 10.1. The molecule has 1 fully saturated rings. The summed E-state index contributed by atoms with van der Waals surface area (Å²) in [6.07, 6.45) is 0. The number of rotatable bonds is 3. The van der Waals surface area contributed by atoms with Gasteiger partial charge in [-0.2, -0.15) is 0 Å². The van der Waals surface area contributed by atoms with Crippen molar-refractivity contribution in [2.75, 3.05) is 33.0 Å². The second-order valence-electron chi connectivity index (χ2n) is 5.41. The SMILES string of the molecule is O=c1[nH]c(-c2ccc3c(c2)OCO3)c(CN2CCNCC2)s1. The van der Waals surface area contributed by atoms with Gasteiger partial charge in [0.15, 0.2) is 11.5 Å². The Labute approximate surface area is 131 Å². The van der Waals surface area contributed by atoms with Crippen molar-refractivity contribution in [2.24, 2.45) is 0 Å². The van der Waals surface area contributed by atoms with Gasteiger partial charge in [0.1, 0.15) is 0 Å². The Balaban J connectivity index is 1.65. The van der Waals surface area contributed by atoms with Crippen LogP contribution in [0.25, 0.3) is 11.3 Å². The fourth-order valence-electron chi connectivity index (χ4n) is 2.83. The Morgan fingerprint density at radius 1 is 1.18 bits per heavy atom. The first kappa shape index (κ1) is 13.8. The summed E-state index contributed by atoms with van der Waals surface area (Å²) in [7, 11) is 0. The first-order valence-corrected chi connectivity index (χ1v) is 8.16. The molecule has 22 heavy (non-hydrogen) atoms. The third-order valence-electron chi connectivity index (χ3n) is 3.96. The van der Waals surface area contributed by atoms with E-state index in [1.807, 2.05) is 18.2 Å². The van der Waals surface area contributed by atoms with Gasteiger partial charge >= 0.3 is 4.87 Å². The number of aromatic nitrogens is 1. The largest absolute Gasteiger partial charge is 0.454 e. The molecule has 1 saturated heterocycles. The van der Waals surface area contributed by atoms with Gasteiger partial charge in [-0.1, -0.05) is 11.3 Å². The molecule has 116 valence electrons. The summed E-state index contributed by atoms with van der Waals surface area (Å²) in [6.45, 7) is 5.07. The second-order valence-corrected chi connectivity index (χ2v) is 6.47. The highest BCUT2D eigenvalue weighted by Crippen LogP contribution is 2.36. The maximum Gasteiger partial charge on any atom is 0.305 e. The number of nitrogens with one attached hydrogen (secondary N) is 2. The number of piperazine rings is 1. The summed E-state index contributed by atoms with van der Waals surface area (Å²) in [5, 5.41) is 3.34. The Bertz CT molecular complexity index is 734. The lowest BCUT2D eigenvalue weighted by Crippen LogP contribution is -2.42. The first-order chi connectivity index (χ1) is 10.8. The van der Waals surface area contributed by atoms with Crippen LogP contribution in [-0.2, 0) is 6.54 Å². The number of thiazole rings is 1. The maximum absolute atomic E-state index is 11.8. The van der Waals surface area contributed by atoms with Gasteiger partial charge in [-0.15, -0.1) is 0 Å². The van der Waals surface area contributed by atoms with E-state index in [2.05, 4.69) is 15.2 Å². The minimum atomic E-state index is -0.0159. The molecule has 4 rings (SSSR count). The van der Waals surface area contributed by atoms with Crippen molar-refractivity contribution in [3.05, 3.63) is 32.7 Å². The van der Waals surface area contributed by atoms with Crippen LogP contribution in [0.3, 0.4) is 0 Å². The molecular formula is C15H17N3O3S. The van der Waals surface area contributed by atoms with E-state index in [1.165, 1.54) is 11.3 Å². The number of hydrogen-bond donors (Lipinski definition) is 2. The van der Waals surface area contributed by atoms with Crippen molar-refractivity contribution in [3.8, 4) is 22.8 Å². The average Bonchev–Trinajstić information content (AvgIpc) is 3.14. The monoisotopic (exact) mass is 319 g/mol. The highest BCUT2D eigenvalue weighted by molar-refractivity contribution is 7.09. The molecular weight excluding hydrogens is 302 g/mol. The molecule has 0 saturated carbocycles. The van der Waals surface area contributed by atoms with Gasteiger partial charge in [0.05, 0.1) is 5.69 Å². The van der Waals surface area contributed by atoms with Crippen molar-refractivity contribution in [2.45, 2.75) is 6.54 Å². The third kappa shape index (κ3) is 2.63. The second kappa shape index (κ2) is 5.75. The number of nitrogens with zero attached hydrogens (tertiary/aromatic N) is 1. The minimum absolute atomic E-state index is 0.0159. The summed E-state index contributed by atoms with van der Waals surface area (Å²) in [5.74, 6) is 1.49. The highest BCUT2D eigenvalue weighted by atomic mass is 32.1. The third-order valence-corrected chi connectivity index (χ3v) is 4.83. The van der Waals surface area contributed by atoms with Crippen LogP contribution in [0.4, 0.5) is 0 Å². The lowest BCUT2D eigenvalue weighted by Gasteiger charge is -2.26. The zero-order chi connectivity index (χ0) is 14.9. The molecule has 1 aromatic carbocycles. The number of H-pyrrole nitrogens is 1. The van der Waals surface area contributed by atoms with E-state index in [9.17, 15) is 4.79 Å². The molecule has 0 amide bonds. The number of fused-ring (bicyclic) bond motifs is 1. The topological polar surface area (TPSA) is 66.6 Å². The quantitative estimate of drug-likeness (QED) is 0.891. The molecule has 0 aliphatic carbocycles. The number of benzene rings is 1. The molecule has 0 radical (unpaired) electrons. The van der Waals surface area contributed by atoms with E-state index >= 15 is 0 Å². The van der Waals surface area contributed by atoms with Gasteiger partial charge in [-0.05, 0) is 18.2 Å². The lowest BCUT2D eigenvalue weighted by molar-refractivity contribution is 0.174. The van der Waals surface area contributed by atoms with E-state index < -0.39 is 0 Å². The Morgan fingerprint density at radius 2 is 2.00 bits per heavy atom. The van der Waals surface area contributed by atoms with Gasteiger partial charge in [0.25, 0.3) is 0 Å². The van der Waals surface area contributed by atoms with Crippen LogP contribution >= 0.6 is 11.3 Å². The Hall–Kier alpha value is -1.83. The van der Waals surface area contributed by atoms with Crippen LogP contribution in [0.2, 0.25) is 0 Å². The first-order valence-electron chi connectivity index (χ1n) is 7.35. The van der Waals surface area contributed by atoms with Crippen LogP contribution in [0.1, 0.15) is 4.88 Å². The van der Waals surface area contributed by atoms with Crippen LogP contribution < -0.4 is 19.7 Å². The summed E-state index contributed by atoms with van der Waals surface area (Å²) in [5.41, 5.74) is 1.86. The van der Waals surface area contributed by atoms with Crippen molar-refractivity contribution in [1.29, 1.82) is 0 Å². The molecule has 1 aromatic heterocycles. The van der Waals surface area contributed by atoms with Crippen molar-refractivity contribution >= 4 is 11.3 Å². The van der Waals surface area contributed by atoms with Gasteiger partial charge in [0.2, 0.25) is 6.79 Å². The minimum Gasteiger partial charge on any atom is -0.454 e. The fraction of sp³-hybridized carbons (Fsp3) is 0.400. The number of ether oxygens (including phenoxy) is 2. The smallest absolute Gasteiger partial charge is 0.305 e. The van der Waals surface area contributed by atoms with E-state index in [1.54, 1.807) is 0 Å². The van der Waals surface area contributed by atoms with Crippen LogP contribution in [0.5, 0.6) is 11.5 Å². The predicted octanol–water partition coefficient (Wildman–Crippen LogP) is 1.24. The van der Waals surface area contributed by atoms with Gasteiger partial charge in [0, 0.05) is 43.2 Å². The van der Waals surface area contributed by atoms with Gasteiger partial charge in [-0.25, -0.2) is 0 Å². The van der Waals surface area contributed by atoms with E-state index in [-0.39, 0.29) is 11.7 Å². The van der Waals surface area contributed by atoms with Gasteiger partial charge < -0.3 is 19.8 Å². The molecule has 2 aromatic rings. The molecule has 6 nitrogen and oxygen atoms in total. The predicted molar refractivity (Wildman–Crippen MR) is 84.6 cm³/mol. The van der Waals surface area contributed by atoms with Crippen molar-refractivity contribution < 1.29 is 9.47 Å². The zero-order valence-electron chi connectivity index (χ0n) is 12.1. The summed E-state index contributed by atoms with van der Waals surface area (Å²) in [6, 6.07) is 5.79. The molecule has 2 aliphatic rings. The molecule has 2 aliphatic heterocycles. The Kier molecular flexibility index (Phi) is 3.61. The van der Waals surface area contributed by atoms with Crippen molar-refractivity contribution in [3.63, 3.8) is 0 Å². The molecule has 7 heteroatoms. The zero-order valence-corrected chi connectivity index (χ0v) is 12.9. The summed E-state index contributed by atoms with van der Waals surface area (Å²) < 4.78 is 10.8. The van der Waals surface area contributed by atoms with Crippen molar-refractivity contribution in [1.82, 2.24) is 15.2 Å². The number of hydrogen-bond acceptors (Lipinski definition) is 6. The van der Waals surface area contributed by atoms with Crippen LogP contribution in [0.15, 0.2) is 23.0 Å². The molecule has 0 spiro atoms. The van der Waals surface area contributed by atoms with E-state index in [0.29, 0.717) is 0 Å². The number of aromatic amines is 1. The average molecular weight is 319 g/mol. The van der Waals surface area contributed by atoms with E-state index in [4.69, 9.17) is 9.47 Å². The Morgan fingerprint density at radius 3 is 2.86 bits per heavy atom. The standard InChI is InChI=1S/C15H17N3O3S/c19-15-17-14(10-1-2-11-12(7-10)21-9-20-11)13(22-15)8-18-5-3-16-4-6-18/h1-2,7,16H,3-6,8-9H2,(H,17,19). The van der Waals surface area contributed by atoms with Gasteiger partial charge in [-0.3, -0.25) is 9.69 Å². The molecule has 0 unspecified atom stereocenters. The molecule has 2 N–H and O–H groups in total. The molecule has 0 atom stereocenters. The molecule has 3 heterocycles. The fourth-order valence-corrected chi connectivity index (χ4v) is 3.72. The molecule has 0 bridgehead atoms. The summed E-state index contributed by atoms with van der Waals surface area (Å²) in [4.78, 5) is 18.2. The highest BCUT2D eigenvalue weighted by Gasteiger charge is 2.19. The van der Waals surface area contributed by atoms with Crippen LogP contribution in [0, 0.1) is 0 Å². The summed E-state index contributed by atoms with van der Waals surface area (Å²) >= 11 is 1.29. The van der Waals surface area contributed by atoms with Crippen LogP contribution in [-0.4, -0.2) is 42.9 Å². The van der Waals surface area contributed by atoms with E-state index in [0.717, 1.165) is 60.4 Å². The normalized spacial score (nSPS) is 17.8.